The summed E-state index contributed by atoms with van der Waals surface area (Å²) < 4.78 is 5.27. The summed E-state index contributed by atoms with van der Waals surface area (Å²) in [7, 11) is 0. The van der Waals surface area contributed by atoms with Crippen molar-refractivity contribution in [1.82, 2.24) is 9.97 Å². The molecule has 0 aliphatic rings. The van der Waals surface area contributed by atoms with Crippen molar-refractivity contribution in [2.24, 2.45) is 0 Å². The summed E-state index contributed by atoms with van der Waals surface area (Å²) in [4.78, 5) is 8.77. The van der Waals surface area contributed by atoms with Gasteiger partial charge in [0.25, 0.3) is 0 Å². The van der Waals surface area contributed by atoms with Gasteiger partial charge in [0.05, 0.1) is 12.8 Å². The topological polar surface area (TPSA) is 77.0 Å². The van der Waals surface area contributed by atoms with Gasteiger partial charge in [-0.1, -0.05) is 13.8 Å². The highest BCUT2D eigenvalue weighted by atomic mass is 16.3. The van der Waals surface area contributed by atoms with Crippen LogP contribution in [-0.2, 0) is 6.54 Å². The molecule has 2 aromatic heterocycles. The van der Waals surface area contributed by atoms with E-state index in [9.17, 15) is 0 Å². The number of furan rings is 1. The van der Waals surface area contributed by atoms with Crippen LogP contribution in [-0.4, -0.2) is 9.97 Å². The molecule has 2 aromatic rings. The number of anilines is 2. The number of nitrogen functional groups attached to an aromatic ring is 1. The summed E-state index contributed by atoms with van der Waals surface area (Å²) in [5.74, 6) is 3.15. The first kappa shape index (κ1) is 12.4. The number of aromatic nitrogens is 2. The van der Waals surface area contributed by atoms with Crippen LogP contribution < -0.4 is 11.1 Å². The highest BCUT2D eigenvalue weighted by Crippen LogP contribution is 2.21. The van der Waals surface area contributed by atoms with Gasteiger partial charge in [-0.25, -0.2) is 9.97 Å². The van der Waals surface area contributed by atoms with Crippen molar-refractivity contribution in [3.05, 3.63) is 35.5 Å². The second kappa shape index (κ2) is 5.08. The van der Waals surface area contributed by atoms with E-state index in [1.807, 2.05) is 32.9 Å². The molecule has 0 saturated heterocycles. The molecule has 0 fully saturated rings. The molecule has 0 amide bonds. The van der Waals surface area contributed by atoms with E-state index in [0.717, 1.165) is 23.0 Å². The Balaban J connectivity index is 2.20. The Morgan fingerprint density at radius 3 is 2.78 bits per heavy atom. The molecular weight excluding hydrogens is 228 g/mol. The van der Waals surface area contributed by atoms with Crippen molar-refractivity contribution in [2.45, 2.75) is 33.2 Å². The number of hydrogen-bond donors (Lipinski definition) is 2. The Kier molecular flexibility index (Phi) is 3.50. The molecule has 5 nitrogen and oxygen atoms in total. The molecule has 2 rings (SSSR count). The summed E-state index contributed by atoms with van der Waals surface area (Å²) in [5, 5.41) is 3.23. The lowest BCUT2D eigenvalue weighted by Gasteiger charge is -2.12. The van der Waals surface area contributed by atoms with Crippen LogP contribution in [0.5, 0.6) is 0 Å². The molecule has 96 valence electrons. The third kappa shape index (κ3) is 2.61. The molecule has 18 heavy (non-hydrogen) atoms. The van der Waals surface area contributed by atoms with Crippen LogP contribution in [0.25, 0.3) is 0 Å². The Labute approximate surface area is 106 Å². The van der Waals surface area contributed by atoms with Crippen LogP contribution in [0.2, 0.25) is 0 Å². The van der Waals surface area contributed by atoms with Crippen molar-refractivity contribution in [3.63, 3.8) is 0 Å². The maximum Gasteiger partial charge on any atom is 0.135 e. The largest absolute Gasteiger partial charge is 0.467 e. The van der Waals surface area contributed by atoms with E-state index in [4.69, 9.17) is 10.2 Å². The van der Waals surface area contributed by atoms with Gasteiger partial charge in [0.15, 0.2) is 0 Å². The van der Waals surface area contributed by atoms with Gasteiger partial charge in [-0.3, -0.25) is 0 Å². The molecular formula is C13H18N4O. The zero-order valence-electron chi connectivity index (χ0n) is 10.9. The summed E-state index contributed by atoms with van der Waals surface area (Å²) in [6.07, 6.45) is 1.65. The molecule has 0 unspecified atom stereocenters. The first-order valence-electron chi connectivity index (χ1n) is 5.98. The zero-order valence-corrected chi connectivity index (χ0v) is 10.9. The highest BCUT2D eigenvalue weighted by Gasteiger charge is 2.11. The molecule has 3 N–H and O–H groups in total. The summed E-state index contributed by atoms with van der Waals surface area (Å²) in [5.41, 5.74) is 6.76. The van der Waals surface area contributed by atoms with Gasteiger partial charge in [0.2, 0.25) is 0 Å². The second-order valence-electron chi connectivity index (χ2n) is 4.53. The van der Waals surface area contributed by atoms with Crippen LogP contribution in [0.4, 0.5) is 11.6 Å². The SMILES string of the molecule is Cc1c(N)nc(C(C)C)nc1NCc1ccco1. The van der Waals surface area contributed by atoms with Gasteiger partial charge < -0.3 is 15.5 Å². The quantitative estimate of drug-likeness (QED) is 0.867. The molecule has 2 heterocycles. The van der Waals surface area contributed by atoms with Crippen molar-refractivity contribution in [1.29, 1.82) is 0 Å². The standard InChI is InChI=1S/C13H18N4O/c1-8(2)12-16-11(14)9(3)13(17-12)15-7-10-5-4-6-18-10/h4-6,8H,7H2,1-3H3,(H3,14,15,16,17). The van der Waals surface area contributed by atoms with Crippen molar-refractivity contribution >= 4 is 11.6 Å². The van der Waals surface area contributed by atoms with E-state index in [2.05, 4.69) is 15.3 Å². The normalized spacial score (nSPS) is 10.9. The van der Waals surface area contributed by atoms with E-state index in [-0.39, 0.29) is 5.92 Å². The monoisotopic (exact) mass is 246 g/mol. The molecule has 0 aliphatic heterocycles. The molecule has 0 aliphatic carbocycles. The van der Waals surface area contributed by atoms with Crippen LogP contribution in [0.15, 0.2) is 22.8 Å². The molecule has 0 saturated carbocycles. The van der Waals surface area contributed by atoms with Crippen LogP contribution in [0.1, 0.15) is 36.9 Å². The minimum Gasteiger partial charge on any atom is -0.467 e. The lowest BCUT2D eigenvalue weighted by Crippen LogP contribution is -2.10. The van der Waals surface area contributed by atoms with Gasteiger partial charge >= 0.3 is 0 Å². The Morgan fingerprint density at radius 2 is 2.17 bits per heavy atom. The number of nitrogens with zero attached hydrogens (tertiary/aromatic N) is 2. The molecule has 0 atom stereocenters. The Morgan fingerprint density at radius 1 is 1.39 bits per heavy atom. The third-order valence-corrected chi connectivity index (χ3v) is 2.73. The van der Waals surface area contributed by atoms with Crippen LogP contribution in [0.3, 0.4) is 0 Å². The minimum absolute atomic E-state index is 0.247. The van der Waals surface area contributed by atoms with E-state index in [1.54, 1.807) is 6.26 Å². The number of nitrogens with one attached hydrogen (secondary N) is 1. The van der Waals surface area contributed by atoms with Gasteiger partial charge in [-0.05, 0) is 19.1 Å². The van der Waals surface area contributed by atoms with Gasteiger partial charge in [0, 0.05) is 11.5 Å². The van der Waals surface area contributed by atoms with Crippen LogP contribution in [0, 0.1) is 6.92 Å². The van der Waals surface area contributed by atoms with E-state index < -0.39 is 0 Å². The minimum atomic E-state index is 0.247. The van der Waals surface area contributed by atoms with Crippen molar-refractivity contribution in [2.75, 3.05) is 11.1 Å². The fourth-order valence-electron chi connectivity index (χ4n) is 1.57. The number of nitrogens with two attached hydrogens (primary N) is 1. The first-order chi connectivity index (χ1) is 8.58. The molecule has 0 spiro atoms. The highest BCUT2D eigenvalue weighted by molar-refractivity contribution is 5.55. The predicted molar refractivity (Wildman–Crippen MR) is 71.3 cm³/mol. The Hall–Kier alpha value is -2.04. The molecule has 0 aromatic carbocycles. The van der Waals surface area contributed by atoms with Crippen LogP contribution >= 0.6 is 0 Å². The summed E-state index contributed by atoms with van der Waals surface area (Å²) >= 11 is 0. The lowest BCUT2D eigenvalue weighted by molar-refractivity contribution is 0.517. The van der Waals surface area contributed by atoms with Gasteiger partial charge in [0.1, 0.15) is 23.2 Å². The summed E-state index contributed by atoms with van der Waals surface area (Å²) in [6, 6.07) is 3.77. The van der Waals surface area contributed by atoms with E-state index in [0.29, 0.717) is 12.4 Å². The average molecular weight is 246 g/mol. The van der Waals surface area contributed by atoms with E-state index >= 15 is 0 Å². The molecule has 0 bridgehead atoms. The number of rotatable bonds is 4. The zero-order chi connectivity index (χ0) is 13.1. The van der Waals surface area contributed by atoms with Gasteiger partial charge in [-0.15, -0.1) is 0 Å². The fraction of sp³-hybridized carbons (Fsp3) is 0.385. The van der Waals surface area contributed by atoms with E-state index in [1.165, 1.54) is 0 Å². The lowest BCUT2D eigenvalue weighted by atomic mass is 10.2. The maximum absolute atomic E-state index is 5.89. The smallest absolute Gasteiger partial charge is 0.135 e. The maximum atomic E-state index is 5.89. The van der Waals surface area contributed by atoms with Crippen molar-refractivity contribution < 1.29 is 4.42 Å². The van der Waals surface area contributed by atoms with Crippen molar-refractivity contribution in [3.8, 4) is 0 Å². The molecule has 5 heteroatoms. The molecule has 0 radical (unpaired) electrons. The van der Waals surface area contributed by atoms with Gasteiger partial charge in [-0.2, -0.15) is 0 Å². The third-order valence-electron chi connectivity index (χ3n) is 2.73. The average Bonchev–Trinajstić information content (AvgIpc) is 2.83. The fourth-order valence-corrected chi connectivity index (χ4v) is 1.57. The first-order valence-corrected chi connectivity index (χ1v) is 5.98. The Bertz CT molecular complexity index is 520. The summed E-state index contributed by atoms with van der Waals surface area (Å²) in [6.45, 7) is 6.58. The second-order valence-corrected chi connectivity index (χ2v) is 4.53. The number of hydrogen-bond acceptors (Lipinski definition) is 5. The predicted octanol–water partition coefficient (Wildman–Crippen LogP) is 2.70.